The van der Waals surface area contributed by atoms with Crippen LogP contribution in [0.3, 0.4) is 0 Å². The van der Waals surface area contributed by atoms with Crippen molar-refractivity contribution in [2.75, 3.05) is 19.6 Å². The maximum atomic E-state index is 12.7. The molecular formula is C21H30N4O2. The van der Waals surface area contributed by atoms with Crippen LogP contribution in [-0.4, -0.2) is 35.5 Å². The highest BCUT2D eigenvalue weighted by Crippen LogP contribution is 2.59. The molecule has 1 saturated heterocycles. The second-order valence-electron chi connectivity index (χ2n) is 9.59. The third kappa shape index (κ3) is 3.22. The lowest BCUT2D eigenvalue weighted by Gasteiger charge is -2.56. The van der Waals surface area contributed by atoms with Crippen molar-refractivity contribution in [2.24, 2.45) is 23.7 Å². The lowest BCUT2D eigenvalue weighted by Crippen LogP contribution is -2.50. The number of hydrogen-bond donors (Lipinski definition) is 3. The molecule has 5 fully saturated rings. The molecule has 6 heteroatoms. The summed E-state index contributed by atoms with van der Waals surface area (Å²) < 4.78 is 0. The highest BCUT2D eigenvalue weighted by Gasteiger charge is 2.52. The lowest BCUT2D eigenvalue weighted by molar-refractivity contribution is -0.00953. The Kier molecular flexibility index (Phi) is 4.34. The number of piperidine rings is 1. The van der Waals surface area contributed by atoms with Gasteiger partial charge in [-0.3, -0.25) is 9.59 Å². The third-order valence-corrected chi connectivity index (χ3v) is 7.53. The first-order valence-electron chi connectivity index (χ1n) is 10.7. The number of rotatable bonds is 4. The highest BCUT2D eigenvalue weighted by atomic mass is 16.2. The van der Waals surface area contributed by atoms with Crippen LogP contribution >= 0.6 is 0 Å². The first kappa shape index (κ1) is 17.4. The summed E-state index contributed by atoms with van der Waals surface area (Å²) in [6.07, 6.45) is 11.3. The summed E-state index contributed by atoms with van der Waals surface area (Å²) in [4.78, 5) is 32.8. The Morgan fingerprint density at radius 3 is 2.48 bits per heavy atom. The van der Waals surface area contributed by atoms with Crippen molar-refractivity contribution >= 4 is 5.91 Å². The minimum Gasteiger partial charge on any atom is -0.351 e. The molecule has 4 saturated carbocycles. The van der Waals surface area contributed by atoms with E-state index in [1.54, 1.807) is 0 Å². The summed E-state index contributed by atoms with van der Waals surface area (Å²) in [5.41, 5.74) is -0.0845. The van der Waals surface area contributed by atoms with Gasteiger partial charge in [0.2, 0.25) is 0 Å². The summed E-state index contributed by atoms with van der Waals surface area (Å²) >= 11 is 0. The van der Waals surface area contributed by atoms with Crippen LogP contribution in [0.2, 0.25) is 0 Å². The zero-order chi connectivity index (χ0) is 18.4. The molecule has 1 atom stereocenters. The van der Waals surface area contributed by atoms with Gasteiger partial charge in [0, 0.05) is 18.2 Å². The van der Waals surface area contributed by atoms with Gasteiger partial charge < -0.3 is 15.6 Å². The maximum absolute atomic E-state index is 12.7. The topological polar surface area (TPSA) is 86.9 Å². The van der Waals surface area contributed by atoms with E-state index < -0.39 is 0 Å². The molecule has 27 heavy (non-hydrogen) atoms. The Morgan fingerprint density at radius 1 is 1.19 bits per heavy atom. The fourth-order valence-corrected chi connectivity index (χ4v) is 6.66. The third-order valence-electron chi connectivity index (χ3n) is 7.53. The number of carbonyl (C=O) groups is 1. The normalized spacial score (nSPS) is 37.3. The van der Waals surface area contributed by atoms with E-state index in [-0.39, 0.29) is 22.4 Å². The molecular weight excluding hydrogens is 340 g/mol. The van der Waals surface area contributed by atoms with Gasteiger partial charge in [0.05, 0.1) is 0 Å². The largest absolute Gasteiger partial charge is 0.351 e. The van der Waals surface area contributed by atoms with Gasteiger partial charge in [-0.05, 0) is 88.1 Å². The number of nitrogens with one attached hydrogen (secondary N) is 3. The quantitative estimate of drug-likeness (QED) is 0.756. The van der Waals surface area contributed by atoms with Crippen molar-refractivity contribution in [3.05, 3.63) is 27.9 Å². The molecule has 1 aromatic heterocycles. The molecule has 0 spiro atoms. The molecule has 4 aliphatic carbocycles. The molecule has 1 unspecified atom stereocenters. The van der Waals surface area contributed by atoms with E-state index in [9.17, 15) is 9.59 Å². The van der Waals surface area contributed by atoms with Crippen molar-refractivity contribution in [1.82, 2.24) is 20.6 Å². The lowest BCUT2D eigenvalue weighted by atomic mass is 9.49. The van der Waals surface area contributed by atoms with E-state index in [1.165, 1.54) is 25.5 Å². The predicted molar refractivity (Wildman–Crippen MR) is 103 cm³/mol. The number of amides is 1. The maximum Gasteiger partial charge on any atom is 0.263 e. The summed E-state index contributed by atoms with van der Waals surface area (Å²) in [6.45, 7) is 2.60. The zero-order valence-corrected chi connectivity index (χ0v) is 15.9. The number of aromatic amines is 1. The van der Waals surface area contributed by atoms with Crippen molar-refractivity contribution in [3.8, 4) is 0 Å². The minimum atomic E-state index is -0.300. The first-order chi connectivity index (χ1) is 13.1. The van der Waals surface area contributed by atoms with Gasteiger partial charge in [0.1, 0.15) is 11.4 Å². The molecule has 5 aliphatic rings. The van der Waals surface area contributed by atoms with E-state index >= 15 is 0 Å². The van der Waals surface area contributed by atoms with Crippen LogP contribution in [0.15, 0.2) is 11.0 Å². The molecule has 1 aliphatic heterocycles. The Morgan fingerprint density at radius 2 is 1.89 bits per heavy atom. The molecule has 1 aromatic rings. The van der Waals surface area contributed by atoms with Crippen LogP contribution in [0.25, 0.3) is 0 Å². The fraction of sp³-hybridized carbons (Fsp3) is 0.762. The van der Waals surface area contributed by atoms with Crippen LogP contribution < -0.4 is 16.2 Å². The molecule has 0 radical (unpaired) electrons. The number of nitrogens with zero attached hydrogens (tertiary/aromatic N) is 1. The molecule has 6 nitrogen and oxygen atoms in total. The predicted octanol–water partition coefficient (Wildman–Crippen LogP) is 1.97. The Labute approximate surface area is 159 Å². The molecule has 0 aromatic carbocycles. The number of aromatic nitrogens is 2. The van der Waals surface area contributed by atoms with Crippen molar-refractivity contribution in [1.29, 1.82) is 0 Å². The molecule has 4 bridgehead atoms. The summed E-state index contributed by atoms with van der Waals surface area (Å²) in [5, 5.41) is 6.27. The van der Waals surface area contributed by atoms with Crippen molar-refractivity contribution in [3.63, 3.8) is 0 Å². The molecule has 3 N–H and O–H groups in total. The monoisotopic (exact) mass is 370 g/mol. The number of H-pyrrole nitrogens is 1. The molecule has 6 rings (SSSR count). The minimum absolute atomic E-state index is 0.0523. The Hall–Kier alpha value is -1.69. The average molecular weight is 370 g/mol. The first-order valence-corrected chi connectivity index (χ1v) is 10.7. The van der Waals surface area contributed by atoms with E-state index in [0.29, 0.717) is 12.5 Å². The standard InChI is InChI=1S/C21H30N4O2/c26-18(23-11-13-2-1-3-22-10-13)17-12-24-20(25-19(17)27)21-7-14-4-15(8-21)6-16(5-14)9-21/h12-16,22H,1-11H2,(H,23,26)(H,24,25,27). The van der Waals surface area contributed by atoms with Gasteiger partial charge in [0.25, 0.3) is 11.5 Å². The second-order valence-corrected chi connectivity index (χ2v) is 9.59. The van der Waals surface area contributed by atoms with E-state index in [0.717, 1.165) is 68.8 Å². The smallest absolute Gasteiger partial charge is 0.263 e. The molecule has 1 amide bonds. The van der Waals surface area contributed by atoms with Crippen LogP contribution in [-0.2, 0) is 5.41 Å². The van der Waals surface area contributed by atoms with Gasteiger partial charge in [-0.1, -0.05) is 0 Å². The van der Waals surface area contributed by atoms with Gasteiger partial charge >= 0.3 is 0 Å². The van der Waals surface area contributed by atoms with Crippen molar-refractivity contribution < 1.29 is 4.79 Å². The van der Waals surface area contributed by atoms with Crippen LogP contribution in [0.1, 0.15) is 67.5 Å². The Balaban J connectivity index is 1.31. The fourth-order valence-electron chi connectivity index (χ4n) is 6.66. The van der Waals surface area contributed by atoms with Gasteiger partial charge in [0.15, 0.2) is 0 Å². The van der Waals surface area contributed by atoms with Crippen molar-refractivity contribution in [2.45, 2.75) is 56.8 Å². The van der Waals surface area contributed by atoms with E-state index in [2.05, 4.69) is 20.6 Å². The van der Waals surface area contributed by atoms with Gasteiger partial charge in [-0.25, -0.2) is 4.98 Å². The summed E-state index contributed by atoms with van der Waals surface area (Å²) in [5.74, 6) is 3.38. The second kappa shape index (κ2) is 6.73. The van der Waals surface area contributed by atoms with Gasteiger partial charge in [-0.15, -0.1) is 0 Å². The zero-order valence-electron chi connectivity index (χ0n) is 15.9. The average Bonchev–Trinajstić information content (AvgIpc) is 2.66. The Bertz CT molecular complexity index is 745. The molecule has 2 heterocycles. The van der Waals surface area contributed by atoms with Crippen LogP contribution in [0.4, 0.5) is 0 Å². The SMILES string of the molecule is O=C(NCC1CCCNC1)c1cnc(C23CC4CC(CC(C4)C2)C3)[nH]c1=O. The molecule has 146 valence electrons. The van der Waals surface area contributed by atoms with Crippen LogP contribution in [0, 0.1) is 23.7 Å². The number of carbonyl (C=O) groups excluding carboxylic acids is 1. The highest BCUT2D eigenvalue weighted by molar-refractivity contribution is 5.93. The number of hydrogen-bond acceptors (Lipinski definition) is 4. The van der Waals surface area contributed by atoms with Gasteiger partial charge in [-0.2, -0.15) is 0 Å². The van der Waals surface area contributed by atoms with Crippen LogP contribution in [0.5, 0.6) is 0 Å². The summed E-state index contributed by atoms with van der Waals surface area (Å²) in [6, 6.07) is 0. The van der Waals surface area contributed by atoms with E-state index in [4.69, 9.17) is 0 Å². The van der Waals surface area contributed by atoms with E-state index in [1.807, 2.05) is 0 Å². The summed E-state index contributed by atoms with van der Waals surface area (Å²) in [7, 11) is 0.